The van der Waals surface area contributed by atoms with Gasteiger partial charge in [-0.3, -0.25) is 28.8 Å². The van der Waals surface area contributed by atoms with Crippen LogP contribution in [0.25, 0.3) is 0 Å². The van der Waals surface area contributed by atoms with E-state index in [9.17, 15) is 39.0 Å². The molecule has 1 aromatic carbocycles. The average molecular weight is 911 g/mol. The fourth-order valence-corrected chi connectivity index (χ4v) is 8.03. The molecule has 14 nitrogen and oxygen atoms in total. The van der Waals surface area contributed by atoms with Crippen molar-refractivity contribution in [2.75, 3.05) is 26.2 Å². The molecule has 6 atom stereocenters. The number of halogens is 1. The topological polar surface area (TPSA) is 208 Å². The highest BCUT2D eigenvalue weighted by Gasteiger charge is 2.36. The van der Waals surface area contributed by atoms with Crippen LogP contribution in [0.1, 0.15) is 132 Å². The summed E-state index contributed by atoms with van der Waals surface area (Å²) in [5.74, 6) is -2.72. The number of carbonyl (C=O) groups is 6. The summed E-state index contributed by atoms with van der Waals surface area (Å²) >= 11 is 7.53. The van der Waals surface area contributed by atoms with E-state index in [1.165, 1.54) is 29.5 Å². The highest BCUT2D eigenvalue weighted by Crippen LogP contribution is 2.28. The van der Waals surface area contributed by atoms with Crippen LogP contribution in [-0.2, 0) is 30.4 Å². The van der Waals surface area contributed by atoms with E-state index < -0.39 is 65.9 Å². The number of phenolic OH excluding ortho intramolecular Hbond substituents is 1. The van der Waals surface area contributed by atoms with E-state index in [-0.39, 0.29) is 66.2 Å². The van der Waals surface area contributed by atoms with Gasteiger partial charge in [-0.25, -0.2) is 0 Å². The van der Waals surface area contributed by atoms with Gasteiger partial charge < -0.3 is 35.6 Å². The number of thiophene rings is 1. The number of carbonyl (C=O) groups excluding carboxylic acids is 6. The number of amides is 3. The molecule has 344 valence electrons. The third-order valence-electron chi connectivity index (χ3n) is 11.4. The lowest BCUT2D eigenvalue weighted by Gasteiger charge is -2.28. The molecule has 0 saturated heterocycles. The normalized spacial score (nSPS) is 14.2. The molecule has 16 heteroatoms. The fourth-order valence-electron chi connectivity index (χ4n) is 7.12. The summed E-state index contributed by atoms with van der Waals surface area (Å²) in [5, 5.41) is 35.8. The number of aromatic nitrogens is 1. The quantitative estimate of drug-likeness (QED) is 0.0382. The van der Waals surface area contributed by atoms with Crippen LogP contribution in [-0.4, -0.2) is 99.7 Å². The van der Waals surface area contributed by atoms with Crippen molar-refractivity contribution in [1.82, 2.24) is 26.0 Å². The number of aliphatic hydroxyl groups excluding tert-OH is 1. The number of benzene rings is 1. The third kappa shape index (κ3) is 16.3. The first-order valence-corrected chi connectivity index (χ1v) is 23.1. The van der Waals surface area contributed by atoms with Gasteiger partial charge in [0, 0.05) is 43.6 Å². The zero-order valence-corrected chi connectivity index (χ0v) is 38.9. The molecule has 3 aromatic rings. The maximum Gasteiger partial charge on any atom is 0.274 e. The van der Waals surface area contributed by atoms with E-state index >= 15 is 0 Å². The lowest BCUT2D eigenvalue weighted by molar-refractivity contribution is -0.135. The summed E-state index contributed by atoms with van der Waals surface area (Å²) in [7, 11) is 0. The summed E-state index contributed by atoms with van der Waals surface area (Å²) in [6.45, 7) is 13.5. The number of unbranched alkanes of at least 4 members (excludes halogenated alkanes) is 1. The molecule has 0 spiro atoms. The van der Waals surface area contributed by atoms with Gasteiger partial charge in [0.15, 0.2) is 23.0 Å². The molecule has 0 aliphatic carbocycles. The molecular formula is C47H64ClN5O9S. The van der Waals surface area contributed by atoms with Crippen molar-refractivity contribution >= 4 is 58.0 Å². The van der Waals surface area contributed by atoms with Crippen LogP contribution < -0.4 is 16.0 Å². The molecule has 3 amide bonds. The molecule has 2 aromatic heterocycles. The molecule has 0 fully saturated rings. The Morgan fingerprint density at radius 3 is 2.24 bits per heavy atom. The van der Waals surface area contributed by atoms with Crippen LogP contribution in [0.2, 0.25) is 5.02 Å². The van der Waals surface area contributed by atoms with Gasteiger partial charge in [0.1, 0.15) is 17.6 Å². The zero-order valence-electron chi connectivity index (χ0n) is 37.3. The highest BCUT2D eigenvalue weighted by molar-refractivity contribution is 7.08. The van der Waals surface area contributed by atoms with Crippen LogP contribution in [0, 0.1) is 24.2 Å². The van der Waals surface area contributed by atoms with Gasteiger partial charge in [-0.05, 0) is 84.9 Å². The smallest absolute Gasteiger partial charge is 0.274 e. The predicted octanol–water partition coefficient (Wildman–Crippen LogP) is 6.38. The average Bonchev–Trinajstić information content (AvgIpc) is 4.00. The number of nitrogens with one attached hydrogen (secondary N) is 3. The largest absolute Gasteiger partial charge is 0.506 e. The van der Waals surface area contributed by atoms with Crippen LogP contribution in [0.5, 0.6) is 5.75 Å². The van der Waals surface area contributed by atoms with Crippen molar-refractivity contribution in [1.29, 1.82) is 0 Å². The summed E-state index contributed by atoms with van der Waals surface area (Å²) in [6, 6.07) is 4.29. The molecule has 0 saturated carbocycles. The second-order valence-electron chi connectivity index (χ2n) is 16.2. The van der Waals surface area contributed by atoms with Crippen molar-refractivity contribution in [3.8, 4) is 18.1 Å². The minimum absolute atomic E-state index is 0.0234. The molecule has 2 heterocycles. The molecule has 0 aliphatic rings. The number of nitrogens with zero attached hydrogens (tertiary/aromatic N) is 2. The molecule has 0 bridgehead atoms. The number of aliphatic hydroxyl groups is 1. The molecule has 3 rings (SSSR count). The number of terminal acetylenes is 1. The van der Waals surface area contributed by atoms with Gasteiger partial charge in [0.25, 0.3) is 5.91 Å². The molecule has 0 aliphatic heterocycles. The summed E-state index contributed by atoms with van der Waals surface area (Å²) < 4.78 is 5.31. The van der Waals surface area contributed by atoms with E-state index in [1.54, 1.807) is 22.9 Å². The third-order valence-corrected chi connectivity index (χ3v) is 12.4. The Morgan fingerprint density at radius 2 is 1.65 bits per heavy atom. The van der Waals surface area contributed by atoms with Gasteiger partial charge in [-0.2, -0.15) is 11.3 Å². The molecule has 1 unspecified atom stereocenters. The van der Waals surface area contributed by atoms with E-state index in [4.69, 9.17) is 22.5 Å². The second-order valence-corrected chi connectivity index (χ2v) is 17.4. The van der Waals surface area contributed by atoms with E-state index in [0.29, 0.717) is 36.1 Å². The maximum absolute atomic E-state index is 14.5. The van der Waals surface area contributed by atoms with Crippen LogP contribution in [0.3, 0.4) is 0 Å². The van der Waals surface area contributed by atoms with Crippen molar-refractivity contribution in [2.45, 2.75) is 129 Å². The lowest BCUT2D eigenvalue weighted by Crippen LogP contribution is -2.50. The minimum Gasteiger partial charge on any atom is -0.506 e. The Balaban J connectivity index is 1.91. The van der Waals surface area contributed by atoms with E-state index in [1.807, 2.05) is 27.7 Å². The van der Waals surface area contributed by atoms with E-state index in [2.05, 4.69) is 45.8 Å². The number of hydrogen-bond acceptors (Lipinski definition) is 12. The summed E-state index contributed by atoms with van der Waals surface area (Å²) in [6.07, 6.45) is 7.03. The Bertz CT molecular complexity index is 2010. The molecule has 63 heavy (non-hydrogen) atoms. The molecule has 5 N–H and O–H groups in total. The van der Waals surface area contributed by atoms with Gasteiger partial charge in [-0.1, -0.05) is 77.2 Å². The standard InChI is InChI=1S/C47H64ClN5O9S/c1-8-12-16-40(56)38(27-54)50-45(59)32(15-13-14-20-53(10-3)11-4)24-42(58)44(30(7)9-2)51-46(60)34(33-19-21-63-28-33)25-41(57)36(23-31-17-18-39(55)35(48)22-31)49-47(61)37-26-43(29(5)6)62-52-37/h1,17-19,21-22,26,28-30,32,34,36,38,44,54-55H,9-16,20,23-25,27H2,2-7H3,(H,49,61)(H,50,59)(H,51,60)/t30-,32+,34-,36-,38-,44?/m0/s1. The zero-order chi connectivity index (χ0) is 46.6. The van der Waals surface area contributed by atoms with Gasteiger partial charge >= 0.3 is 0 Å². The number of phenols is 1. The lowest BCUT2D eigenvalue weighted by atomic mass is 9.86. The van der Waals surface area contributed by atoms with Crippen molar-refractivity contribution < 1.29 is 43.5 Å². The Labute approximate surface area is 380 Å². The number of hydrogen-bond donors (Lipinski definition) is 5. The highest BCUT2D eigenvalue weighted by atomic mass is 35.5. The maximum atomic E-state index is 14.5. The van der Waals surface area contributed by atoms with Crippen molar-refractivity contribution in [3.63, 3.8) is 0 Å². The number of rotatable bonds is 29. The second kappa shape index (κ2) is 26.7. The van der Waals surface area contributed by atoms with Gasteiger partial charge in [0.2, 0.25) is 11.8 Å². The van der Waals surface area contributed by atoms with Gasteiger partial charge in [0.05, 0.1) is 29.6 Å². The first-order chi connectivity index (χ1) is 30.1. The first kappa shape index (κ1) is 52.5. The van der Waals surface area contributed by atoms with Crippen LogP contribution in [0.4, 0.5) is 0 Å². The van der Waals surface area contributed by atoms with Crippen LogP contribution >= 0.6 is 22.9 Å². The Morgan fingerprint density at radius 1 is 0.921 bits per heavy atom. The van der Waals surface area contributed by atoms with Crippen molar-refractivity contribution in [2.24, 2.45) is 11.8 Å². The minimum atomic E-state index is -1.18. The Hall–Kier alpha value is -4.88. The monoisotopic (exact) mass is 909 g/mol. The van der Waals surface area contributed by atoms with Gasteiger partial charge in [-0.15, -0.1) is 12.3 Å². The molecule has 0 radical (unpaired) electrons. The number of Topliss-reactive ketones (excluding diaryl/α,β-unsaturated/α-hetero) is 3. The summed E-state index contributed by atoms with van der Waals surface area (Å²) in [4.78, 5) is 85.5. The summed E-state index contributed by atoms with van der Waals surface area (Å²) in [5.41, 5.74) is 1.04. The first-order valence-electron chi connectivity index (χ1n) is 21.8. The SMILES string of the molecule is C#CCCC(=O)[C@H](CO)NC(=O)[C@H](CCCCN(CC)CC)CC(=O)C(NC(=O)[C@@H](CC(=O)[C@H](Cc1ccc(O)c(Cl)c1)NC(=O)c1cc(C(C)C)on1)c1ccsc1)[C@@H](C)CC. The fraction of sp³-hybridized carbons (Fsp3) is 0.553. The van der Waals surface area contributed by atoms with Crippen LogP contribution in [0.15, 0.2) is 45.6 Å². The molecular weight excluding hydrogens is 846 g/mol. The van der Waals surface area contributed by atoms with E-state index in [0.717, 1.165) is 26.1 Å². The predicted molar refractivity (Wildman–Crippen MR) is 244 cm³/mol. The Kier molecular flexibility index (Phi) is 22.2. The number of ketones is 3. The number of aromatic hydroxyl groups is 1. The van der Waals surface area contributed by atoms with Crippen molar-refractivity contribution in [3.05, 3.63) is 68.7 Å².